The molecule has 0 aromatic carbocycles. The summed E-state index contributed by atoms with van der Waals surface area (Å²) < 4.78 is 3.53. The lowest BCUT2D eigenvalue weighted by Gasteiger charge is -2.22. The summed E-state index contributed by atoms with van der Waals surface area (Å²) in [6, 6.07) is 0. The fourth-order valence-electron chi connectivity index (χ4n) is 2.77. The van der Waals surface area contributed by atoms with Gasteiger partial charge in [0.2, 0.25) is 11.9 Å². The number of rotatable bonds is 4. The summed E-state index contributed by atoms with van der Waals surface area (Å²) in [6.07, 6.45) is 5.28. The van der Waals surface area contributed by atoms with Crippen molar-refractivity contribution in [2.45, 2.75) is 40.2 Å². The van der Waals surface area contributed by atoms with Gasteiger partial charge in [0.1, 0.15) is 0 Å². The lowest BCUT2D eigenvalue weighted by Crippen LogP contribution is -2.15. The Morgan fingerprint density at radius 2 is 1.50 bits per heavy atom. The Labute approximate surface area is 171 Å². The molecule has 0 aliphatic rings. The number of nitrogens with two attached hydrogens (primary N) is 2. The molecule has 0 spiro atoms. The molecule has 0 saturated carbocycles. The summed E-state index contributed by atoms with van der Waals surface area (Å²) in [7, 11) is 1.75. The molecule has 30 heavy (non-hydrogen) atoms. The summed E-state index contributed by atoms with van der Waals surface area (Å²) in [4.78, 5) is 43.6. The van der Waals surface area contributed by atoms with Gasteiger partial charge in [0.15, 0.2) is 22.3 Å². The standard InChI is InChI=1S/C12H19N5O.C6H7N5O/c1-4-12(2,3)5-6-17-7-14-8-9(17)15-11(13)16-10(8)18;1-11-2-8-3-4(11)9-6(7)10-5(3)12/h7H,4-6H2,1-3H3,(H3,13,15,16,18);2H,1H3,(H3,7,9,10,12). The monoisotopic (exact) mass is 414 g/mol. The van der Waals surface area contributed by atoms with Crippen LogP contribution in [0.2, 0.25) is 0 Å². The molecule has 4 aromatic rings. The van der Waals surface area contributed by atoms with E-state index in [0.29, 0.717) is 22.3 Å². The van der Waals surface area contributed by atoms with E-state index in [1.807, 2.05) is 4.57 Å². The number of hydrogen-bond donors (Lipinski definition) is 4. The maximum Gasteiger partial charge on any atom is 0.280 e. The minimum Gasteiger partial charge on any atom is -0.369 e. The third-order valence-corrected chi connectivity index (χ3v) is 5.07. The second kappa shape index (κ2) is 7.97. The van der Waals surface area contributed by atoms with E-state index in [0.717, 1.165) is 19.4 Å². The molecular weight excluding hydrogens is 388 g/mol. The lowest BCUT2D eigenvalue weighted by atomic mass is 9.86. The largest absolute Gasteiger partial charge is 0.369 e. The van der Waals surface area contributed by atoms with Crippen LogP contribution >= 0.6 is 0 Å². The first-order chi connectivity index (χ1) is 14.1. The van der Waals surface area contributed by atoms with E-state index in [2.05, 4.69) is 50.7 Å². The third-order valence-electron chi connectivity index (χ3n) is 5.07. The van der Waals surface area contributed by atoms with Crippen LogP contribution in [-0.4, -0.2) is 39.0 Å². The van der Waals surface area contributed by atoms with Gasteiger partial charge < -0.3 is 20.6 Å². The zero-order valence-electron chi connectivity index (χ0n) is 17.4. The van der Waals surface area contributed by atoms with Gasteiger partial charge in [-0.25, -0.2) is 9.97 Å². The fraction of sp³-hybridized carbons (Fsp3) is 0.444. The van der Waals surface area contributed by atoms with Crippen LogP contribution in [0, 0.1) is 5.41 Å². The van der Waals surface area contributed by atoms with Crippen LogP contribution in [0.4, 0.5) is 11.9 Å². The minimum atomic E-state index is -0.307. The molecule has 0 aliphatic carbocycles. The SMILES string of the molecule is CCC(C)(C)CCn1cnc2c(=O)[nH]c(N)nc21.Cn1cnc2c(=O)[nH]c(N)nc21. The van der Waals surface area contributed by atoms with E-state index in [1.54, 1.807) is 17.9 Å². The Balaban J connectivity index is 0.000000184. The van der Waals surface area contributed by atoms with Crippen LogP contribution in [0.15, 0.2) is 22.2 Å². The van der Waals surface area contributed by atoms with Crippen molar-refractivity contribution in [3.05, 3.63) is 33.4 Å². The van der Waals surface area contributed by atoms with E-state index in [9.17, 15) is 9.59 Å². The fourth-order valence-corrected chi connectivity index (χ4v) is 2.77. The normalized spacial score (nSPS) is 11.6. The van der Waals surface area contributed by atoms with Gasteiger partial charge in [0.05, 0.1) is 12.7 Å². The van der Waals surface area contributed by atoms with Crippen LogP contribution in [0.5, 0.6) is 0 Å². The molecule has 0 bridgehead atoms. The average Bonchev–Trinajstić information content (AvgIpc) is 3.25. The zero-order valence-corrected chi connectivity index (χ0v) is 17.4. The number of H-pyrrole nitrogens is 2. The number of nitrogens with one attached hydrogen (secondary N) is 2. The number of anilines is 2. The topological polar surface area (TPSA) is 179 Å². The predicted molar refractivity (Wildman–Crippen MR) is 115 cm³/mol. The summed E-state index contributed by atoms with van der Waals surface area (Å²) in [6.45, 7) is 7.40. The van der Waals surface area contributed by atoms with Crippen molar-refractivity contribution in [1.29, 1.82) is 0 Å². The average molecular weight is 414 g/mol. The highest BCUT2D eigenvalue weighted by molar-refractivity contribution is 5.70. The van der Waals surface area contributed by atoms with Crippen LogP contribution in [0.25, 0.3) is 22.3 Å². The third kappa shape index (κ3) is 4.31. The van der Waals surface area contributed by atoms with E-state index in [4.69, 9.17) is 11.5 Å². The predicted octanol–water partition coefficient (Wildman–Crippen LogP) is 0.767. The van der Waals surface area contributed by atoms with Crippen molar-refractivity contribution >= 4 is 34.2 Å². The van der Waals surface area contributed by atoms with Crippen molar-refractivity contribution < 1.29 is 0 Å². The van der Waals surface area contributed by atoms with Crippen molar-refractivity contribution in [2.75, 3.05) is 11.5 Å². The number of nitrogens with zero attached hydrogens (tertiary/aromatic N) is 6. The molecule has 0 radical (unpaired) electrons. The van der Waals surface area contributed by atoms with Gasteiger partial charge in [-0.3, -0.25) is 19.6 Å². The molecule has 12 heteroatoms. The van der Waals surface area contributed by atoms with E-state index >= 15 is 0 Å². The van der Waals surface area contributed by atoms with Crippen LogP contribution in [0.3, 0.4) is 0 Å². The Morgan fingerprint density at radius 1 is 0.967 bits per heavy atom. The molecule has 0 fully saturated rings. The van der Waals surface area contributed by atoms with Gasteiger partial charge in [-0.1, -0.05) is 27.2 Å². The molecule has 12 nitrogen and oxygen atoms in total. The minimum absolute atomic E-state index is 0.108. The Kier molecular flexibility index (Phi) is 5.58. The molecule has 0 unspecified atom stereocenters. The van der Waals surface area contributed by atoms with E-state index in [1.165, 1.54) is 6.33 Å². The highest BCUT2D eigenvalue weighted by Gasteiger charge is 2.16. The number of fused-ring (bicyclic) bond motifs is 2. The van der Waals surface area contributed by atoms with Crippen molar-refractivity contribution in [2.24, 2.45) is 12.5 Å². The summed E-state index contributed by atoms with van der Waals surface area (Å²) >= 11 is 0. The summed E-state index contributed by atoms with van der Waals surface area (Å²) in [5.41, 5.74) is 12.3. The van der Waals surface area contributed by atoms with Crippen LogP contribution < -0.4 is 22.6 Å². The molecule has 4 aromatic heterocycles. The zero-order chi connectivity index (χ0) is 22.1. The van der Waals surface area contributed by atoms with Crippen LogP contribution in [0.1, 0.15) is 33.6 Å². The Morgan fingerprint density at radius 3 is 2.10 bits per heavy atom. The van der Waals surface area contributed by atoms with Gasteiger partial charge in [-0.15, -0.1) is 0 Å². The Bertz CT molecular complexity index is 1290. The molecule has 4 rings (SSSR count). The first-order valence-corrected chi connectivity index (χ1v) is 9.48. The molecule has 0 atom stereocenters. The van der Waals surface area contributed by atoms with E-state index in [-0.39, 0.29) is 28.4 Å². The number of aromatic nitrogens is 8. The first kappa shape index (κ1) is 21.0. The number of hydrogen-bond acceptors (Lipinski definition) is 8. The highest BCUT2D eigenvalue weighted by Crippen LogP contribution is 2.25. The van der Waals surface area contributed by atoms with Crippen molar-refractivity contribution in [3.8, 4) is 0 Å². The van der Waals surface area contributed by atoms with Gasteiger partial charge in [-0.2, -0.15) is 9.97 Å². The first-order valence-electron chi connectivity index (χ1n) is 9.48. The summed E-state index contributed by atoms with van der Waals surface area (Å²) in [5, 5.41) is 0. The van der Waals surface area contributed by atoms with E-state index < -0.39 is 0 Å². The van der Waals surface area contributed by atoms with Gasteiger partial charge in [0.25, 0.3) is 11.1 Å². The van der Waals surface area contributed by atoms with Gasteiger partial charge in [0, 0.05) is 13.6 Å². The van der Waals surface area contributed by atoms with Crippen LogP contribution in [-0.2, 0) is 13.6 Å². The molecular formula is C18H26N10O2. The highest BCUT2D eigenvalue weighted by atomic mass is 16.1. The quantitative estimate of drug-likeness (QED) is 0.378. The number of nitrogen functional groups attached to an aromatic ring is 2. The second-order valence-electron chi connectivity index (χ2n) is 7.81. The van der Waals surface area contributed by atoms with Crippen molar-refractivity contribution in [1.82, 2.24) is 39.0 Å². The van der Waals surface area contributed by atoms with Crippen molar-refractivity contribution in [3.63, 3.8) is 0 Å². The molecule has 6 N–H and O–H groups in total. The number of imidazole rings is 2. The van der Waals surface area contributed by atoms with Gasteiger partial charge >= 0.3 is 0 Å². The maximum atomic E-state index is 11.6. The smallest absolute Gasteiger partial charge is 0.280 e. The second-order valence-corrected chi connectivity index (χ2v) is 7.81. The Hall–Kier alpha value is -3.70. The molecule has 160 valence electrons. The molecule has 0 saturated heterocycles. The number of aryl methyl sites for hydroxylation is 2. The summed E-state index contributed by atoms with van der Waals surface area (Å²) in [5.74, 6) is 0.236. The maximum absolute atomic E-state index is 11.6. The molecule has 0 aliphatic heterocycles. The number of aromatic amines is 2. The lowest BCUT2D eigenvalue weighted by molar-refractivity contribution is 0.303. The van der Waals surface area contributed by atoms with Gasteiger partial charge in [-0.05, 0) is 11.8 Å². The molecule has 4 heterocycles. The molecule has 0 amide bonds.